The summed E-state index contributed by atoms with van der Waals surface area (Å²) in [4.78, 5) is 70.4. The SMILES string of the molecule is CC1(C)OB(c2ccc([C@H]3CC34CCNCC4)cc2)OC1(C)C.O=C(O)C1(O)CC1.O=C(O)c1cc(-c2ccc([C@H]3CC34CCN(C(=O)C3(O)CC3)CC4)cc2)c2ccccc2n1.O=C(O)c1cc(-c2ccc([C@H]3CC34CCNCC4)cc2)c2ccccc2n1.O=C(O)c1cc(Br)c2ccccc2n1. The fourth-order valence-corrected chi connectivity index (χ4v) is 16.6. The number of para-hydroxylation sites is 3. The highest BCUT2D eigenvalue weighted by molar-refractivity contribution is 9.10. The number of likely N-dealkylation sites (tertiary alicyclic amines) is 1. The lowest BCUT2D eigenvalue weighted by Crippen LogP contribution is -2.45. The summed E-state index contributed by atoms with van der Waals surface area (Å²) in [7, 11) is -0.249. The van der Waals surface area contributed by atoms with E-state index < -0.39 is 35.1 Å². The van der Waals surface area contributed by atoms with E-state index in [0.717, 1.165) is 99.7 Å². The van der Waals surface area contributed by atoms with Gasteiger partial charge in [0.1, 0.15) is 22.7 Å². The van der Waals surface area contributed by atoms with Crippen molar-refractivity contribution in [1.82, 2.24) is 30.5 Å². The normalized spacial score (nSPS) is 22.2. The van der Waals surface area contributed by atoms with Crippen LogP contribution < -0.4 is 16.1 Å². The molecule has 4 aliphatic heterocycles. The molecular formula is C83H88BBrN6O13. The maximum absolute atomic E-state index is 12.4. The number of hydrogen-bond donors (Lipinski definition) is 8. The maximum Gasteiger partial charge on any atom is 0.494 e. The van der Waals surface area contributed by atoms with Crippen molar-refractivity contribution in [2.24, 2.45) is 16.2 Å². The minimum Gasteiger partial charge on any atom is -0.479 e. The number of carbonyl (C=O) groups excluding carboxylic acids is 1. The number of aromatic carboxylic acids is 3. The van der Waals surface area contributed by atoms with Gasteiger partial charge in [0.2, 0.25) is 0 Å². The Balaban J connectivity index is 0.000000117. The van der Waals surface area contributed by atoms with Crippen LogP contribution >= 0.6 is 15.9 Å². The molecule has 7 heterocycles. The van der Waals surface area contributed by atoms with E-state index in [1.165, 1.54) is 74.4 Å². The zero-order valence-corrected chi connectivity index (χ0v) is 60.6. The topological polar surface area (TPSA) is 291 Å². The van der Waals surface area contributed by atoms with Crippen LogP contribution in [-0.2, 0) is 18.9 Å². The van der Waals surface area contributed by atoms with Crippen molar-refractivity contribution in [3.05, 3.63) is 202 Å². The number of halogens is 1. The van der Waals surface area contributed by atoms with Crippen molar-refractivity contribution in [3.63, 3.8) is 0 Å². The predicted octanol–water partition coefficient (Wildman–Crippen LogP) is 13.8. The molecule has 0 radical (unpaired) electrons. The van der Waals surface area contributed by atoms with Crippen LogP contribution in [0.2, 0.25) is 0 Å². The second kappa shape index (κ2) is 28.2. The van der Waals surface area contributed by atoms with E-state index in [1.807, 2.05) is 71.6 Å². The van der Waals surface area contributed by atoms with Gasteiger partial charge in [0.25, 0.3) is 5.91 Å². The Kier molecular flexibility index (Phi) is 19.6. The third kappa shape index (κ3) is 15.0. The van der Waals surface area contributed by atoms with Gasteiger partial charge in [-0.15, -0.1) is 0 Å². The van der Waals surface area contributed by atoms with Crippen LogP contribution in [0.4, 0.5) is 0 Å². The first-order valence-corrected chi connectivity index (χ1v) is 37.1. The van der Waals surface area contributed by atoms with Gasteiger partial charge in [0.05, 0.1) is 27.8 Å². The number of rotatable bonds is 11. The highest BCUT2D eigenvalue weighted by atomic mass is 79.9. The van der Waals surface area contributed by atoms with E-state index in [1.54, 1.807) is 18.2 Å². The molecule has 3 spiro atoms. The van der Waals surface area contributed by atoms with E-state index in [0.29, 0.717) is 64.9 Å². The number of aliphatic hydroxyl groups is 2. The van der Waals surface area contributed by atoms with Crippen molar-refractivity contribution in [3.8, 4) is 22.3 Å². The number of carboxylic acids is 4. The number of amides is 1. The van der Waals surface area contributed by atoms with Crippen LogP contribution in [0.25, 0.3) is 55.0 Å². The number of pyridine rings is 3. The third-order valence-corrected chi connectivity index (χ3v) is 24.6. The first-order chi connectivity index (χ1) is 49.7. The fourth-order valence-electron chi connectivity index (χ4n) is 16.0. The van der Waals surface area contributed by atoms with E-state index >= 15 is 0 Å². The molecule has 0 unspecified atom stereocenters. The molecule has 21 heteroatoms. The van der Waals surface area contributed by atoms with Gasteiger partial charge in [0, 0.05) is 33.7 Å². The van der Waals surface area contributed by atoms with Crippen LogP contribution in [0, 0.1) is 16.2 Å². The van der Waals surface area contributed by atoms with Gasteiger partial charge in [-0.25, -0.2) is 34.1 Å². The van der Waals surface area contributed by atoms with Crippen molar-refractivity contribution in [1.29, 1.82) is 0 Å². The summed E-state index contributed by atoms with van der Waals surface area (Å²) in [5, 5.41) is 64.3. The van der Waals surface area contributed by atoms with Crippen LogP contribution in [0.5, 0.6) is 0 Å². The molecule has 5 saturated carbocycles. The summed E-state index contributed by atoms with van der Waals surface area (Å²) in [5.41, 5.74) is 9.86. The van der Waals surface area contributed by atoms with E-state index in [4.69, 9.17) is 24.6 Å². The van der Waals surface area contributed by atoms with Gasteiger partial charge >= 0.3 is 31.0 Å². The number of nitrogens with zero attached hydrogens (tertiary/aromatic N) is 4. The molecule has 19 nitrogen and oxygen atoms in total. The maximum atomic E-state index is 12.4. The summed E-state index contributed by atoms with van der Waals surface area (Å²) in [6, 6.07) is 53.8. The molecule has 3 atom stereocenters. The summed E-state index contributed by atoms with van der Waals surface area (Å²) >= 11 is 3.31. The van der Waals surface area contributed by atoms with Gasteiger partial charge in [-0.3, -0.25) is 4.79 Å². The van der Waals surface area contributed by atoms with Crippen LogP contribution in [0.3, 0.4) is 0 Å². The van der Waals surface area contributed by atoms with Crippen LogP contribution in [0.1, 0.15) is 177 Å². The number of nitrogens with one attached hydrogen (secondary N) is 2. The standard InChI is InChI=1S/C27H26N2O4.C23H22N2O2.C19H28BNO2.C10H6BrNO2.C4H6O3/c30-24(31)23-15-20(19-3-1-2-4-22(19)28-23)17-5-7-18(8-6-17)21-16-26(21)11-13-29(14-12-26)25(32)27(33)9-10-27;26-22(27)21-13-18(17-3-1-2-4-20(17)25-21)15-5-7-16(8-6-15)19-14-23(19)9-11-24-12-10-23;1-17(2)18(3,4)23-20(22-17)15-7-5-14(6-8-15)16-13-19(16)9-11-21-12-10-19;11-7-5-9(10(13)14)12-8-4-2-1-3-6(7)8;5-3(6)4(7)1-2-4/h1-8,15,21,33H,9-14,16H2,(H,30,31);1-8,13,19,24H,9-12,14H2,(H,26,27);5-8,16,21H,9-13H2,1-4H3;1-5H,(H,13,14);7H,1-2H2,(H,5,6)/t21-;19-;16-;;/m111../s1. The van der Waals surface area contributed by atoms with Crippen molar-refractivity contribution in [2.75, 3.05) is 39.3 Å². The molecule has 9 aromatic rings. The number of hydrogen-bond acceptors (Lipinski definition) is 14. The second-order valence-electron chi connectivity index (χ2n) is 31.1. The predicted molar refractivity (Wildman–Crippen MR) is 402 cm³/mol. The molecule has 9 fully saturated rings. The molecule has 104 heavy (non-hydrogen) atoms. The van der Waals surface area contributed by atoms with Crippen molar-refractivity contribution in [2.45, 2.75) is 151 Å². The van der Waals surface area contributed by atoms with E-state index in [2.05, 4.69) is 142 Å². The highest BCUT2D eigenvalue weighted by Crippen LogP contribution is 2.67. The molecule has 5 aliphatic carbocycles. The number of carboxylic acid groups (broad SMARTS) is 4. The first-order valence-electron chi connectivity index (χ1n) is 36.3. The molecule has 538 valence electrons. The number of aliphatic carboxylic acids is 1. The Bertz CT molecular complexity index is 4760. The number of fused-ring (bicyclic) bond motifs is 3. The molecule has 4 saturated heterocycles. The van der Waals surface area contributed by atoms with Gasteiger partial charge in [-0.2, -0.15) is 0 Å². The molecule has 18 rings (SSSR count). The summed E-state index contributed by atoms with van der Waals surface area (Å²) < 4.78 is 13.0. The van der Waals surface area contributed by atoms with Gasteiger partial charge in [-0.1, -0.05) is 143 Å². The number of carbonyl (C=O) groups is 5. The number of aromatic nitrogens is 3. The minimum atomic E-state index is -1.33. The lowest BCUT2D eigenvalue weighted by atomic mass is 9.78. The molecular weight excluding hydrogens is 1380 g/mol. The largest absolute Gasteiger partial charge is 0.494 e. The Labute approximate surface area is 613 Å². The lowest BCUT2D eigenvalue weighted by Gasteiger charge is -2.34. The zero-order valence-electron chi connectivity index (χ0n) is 59.0. The number of piperidine rings is 3. The average molecular weight is 1470 g/mol. The third-order valence-electron chi connectivity index (χ3n) is 23.9. The van der Waals surface area contributed by atoms with Crippen LogP contribution in [-0.4, -0.2) is 149 Å². The Morgan fingerprint density at radius 3 is 1.16 bits per heavy atom. The van der Waals surface area contributed by atoms with Gasteiger partial charge < -0.3 is 55.5 Å². The smallest absolute Gasteiger partial charge is 0.479 e. The second-order valence-corrected chi connectivity index (χ2v) is 31.9. The van der Waals surface area contributed by atoms with E-state index in [-0.39, 0.29) is 46.7 Å². The van der Waals surface area contributed by atoms with Gasteiger partial charge in [-0.05, 0) is 252 Å². The molecule has 9 aliphatic rings. The first kappa shape index (κ1) is 72.2. The summed E-state index contributed by atoms with van der Waals surface area (Å²) in [6.45, 7) is 14.5. The monoisotopic (exact) mass is 1470 g/mol. The molecule has 0 bridgehead atoms. The van der Waals surface area contributed by atoms with Crippen molar-refractivity contribution < 1.29 is 63.9 Å². The minimum absolute atomic E-state index is 0.0473. The van der Waals surface area contributed by atoms with Crippen molar-refractivity contribution >= 4 is 91.0 Å². The Morgan fingerprint density at radius 2 is 0.798 bits per heavy atom. The summed E-state index contributed by atoms with van der Waals surface area (Å²) in [5.74, 6) is -2.28. The zero-order chi connectivity index (χ0) is 73.1. The lowest BCUT2D eigenvalue weighted by molar-refractivity contribution is -0.149. The van der Waals surface area contributed by atoms with Gasteiger partial charge in [0.15, 0.2) is 5.60 Å². The molecule has 8 N–H and O–H groups in total. The Morgan fingerprint density at radius 1 is 0.452 bits per heavy atom. The molecule has 6 aromatic carbocycles. The quantitative estimate of drug-likeness (QED) is 0.0558. The number of benzene rings is 6. The fraction of sp³-hybridized carbons (Fsp3) is 0.398. The Hall–Kier alpha value is -8.80. The molecule has 1 amide bonds. The summed E-state index contributed by atoms with van der Waals surface area (Å²) in [6.07, 6.45) is 13.0. The van der Waals surface area contributed by atoms with E-state index in [9.17, 15) is 39.3 Å². The van der Waals surface area contributed by atoms with Crippen LogP contribution in [0.15, 0.2) is 168 Å². The highest BCUT2D eigenvalue weighted by Gasteiger charge is 2.59. The molecule has 3 aromatic heterocycles. The average Bonchev–Trinajstić information content (AvgIpc) is 1.58.